The predicted octanol–water partition coefficient (Wildman–Crippen LogP) is 2.92. The zero-order valence-electron chi connectivity index (χ0n) is 18.6. The molecule has 190 valence electrons. The molecule has 0 saturated carbocycles. The first-order valence-corrected chi connectivity index (χ1v) is 13.2. The maximum atomic E-state index is 12.2. The van der Waals surface area contributed by atoms with Gasteiger partial charge in [-0.1, -0.05) is 35.6 Å². The van der Waals surface area contributed by atoms with Crippen LogP contribution in [0.5, 0.6) is 5.75 Å². The molecule has 0 unspecified atom stereocenters. The van der Waals surface area contributed by atoms with Crippen molar-refractivity contribution in [2.75, 3.05) is 43.5 Å². The number of aromatic hydroxyl groups is 1. The summed E-state index contributed by atoms with van der Waals surface area (Å²) in [4.78, 5) is 14.0. The van der Waals surface area contributed by atoms with Gasteiger partial charge < -0.3 is 25.9 Å². The summed E-state index contributed by atoms with van der Waals surface area (Å²) in [6, 6.07) is 10.9. The molecule has 0 aliphatic carbocycles. The molecule has 34 heavy (non-hydrogen) atoms. The number of anilines is 1. The SMILES string of the molecule is Cl.Cl.Nc1ccccc1CCOCCS(=O)(=O)CCCNCCc1ccc(O)c2[nH]c(=O)sc12. The Balaban J connectivity index is 0.00000289. The fraction of sp³-hybridized carbons (Fsp3) is 0.409. The van der Waals surface area contributed by atoms with Crippen molar-refractivity contribution in [2.45, 2.75) is 19.3 Å². The first kappa shape index (κ1) is 30.2. The van der Waals surface area contributed by atoms with Crippen molar-refractivity contribution in [2.24, 2.45) is 0 Å². The Labute approximate surface area is 215 Å². The average Bonchev–Trinajstić information content (AvgIpc) is 3.15. The number of thiazole rings is 1. The Morgan fingerprint density at radius 1 is 1.00 bits per heavy atom. The Morgan fingerprint density at radius 2 is 1.76 bits per heavy atom. The third-order valence-corrected chi connectivity index (χ3v) is 7.79. The second-order valence-electron chi connectivity index (χ2n) is 7.53. The van der Waals surface area contributed by atoms with E-state index in [2.05, 4.69) is 10.3 Å². The van der Waals surface area contributed by atoms with Gasteiger partial charge in [-0.25, -0.2) is 8.42 Å². The number of halogens is 2. The summed E-state index contributed by atoms with van der Waals surface area (Å²) >= 11 is 1.08. The Kier molecular flexibility index (Phi) is 12.9. The van der Waals surface area contributed by atoms with E-state index >= 15 is 0 Å². The molecule has 0 radical (unpaired) electrons. The maximum Gasteiger partial charge on any atom is 0.305 e. The normalized spacial score (nSPS) is 11.2. The fourth-order valence-electron chi connectivity index (χ4n) is 3.37. The summed E-state index contributed by atoms with van der Waals surface area (Å²) < 4.78 is 30.6. The Bertz CT molecular complexity index is 1200. The molecule has 3 rings (SSSR count). The van der Waals surface area contributed by atoms with Gasteiger partial charge in [-0.2, -0.15) is 0 Å². The van der Waals surface area contributed by atoms with E-state index in [1.807, 2.05) is 24.3 Å². The second-order valence-corrected chi connectivity index (χ2v) is 10.8. The number of hydrogen-bond donors (Lipinski definition) is 4. The van der Waals surface area contributed by atoms with Crippen LogP contribution < -0.4 is 15.9 Å². The fourth-order valence-corrected chi connectivity index (χ4v) is 5.43. The minimum Gasteiger partial charge on any atom is -0.506 e. The summed E-state index contributed by atoms with van der Waals surface area (Å²) in [6.45, 7) is 1.85. The summed E-state index contributed by atoms with van der Waals surface area (Å²) in [7, 11) is -3.16. The highest BCUT2D eigenvalue weighted by molar-refractivity contribution is 7.91. The van der Waals surface area contributed by atoms with E-state index in [9.17, 15) is 18.3 Å². The molecule has 3 aromatic rings. The minimum atomic E-state index is -3.16. The van der Waals surface area contributed by atoms with Crippen LogP contribution in [0.3, 0.4) is 0 Å². The lowest BCUT2D eigenvalue weighted by atomic mass is 10.1. The number of nitrogen functional groups attached to an aromatic ring is 1. The molecule has 12 heteroatoms. The molecule has 0 fully saturated rings. The molecule has 0 aliphatic rings. The van der Waals surface area contributed by atoms with Crippen molar-refractivity contribution in [3.8, 4) is 5.75 Å². The number of phenols is 1. The number of rotatable bonds is 13. The number of phenolic OH excluding ortho intramolecular Hbond substituents is 1. The molecule has 0 atom stereocenters. The molecular weight excluding hydrogens is 521 g/mol. The van der Waals surface area contributed by atoms with E-state index < -0.39 is 9.84 Å². The first-order valence-electron chi connectivity index (χ1n) is 10.5. The van der Waals surface area contributed by atoms with Gasteiger partial charge in [0.2, 0.25) is 0 Å². The number of sulfone groups is 1. The lowest BCUT2D eigenvalue weighted by Crippen LogP contribution is -2.23. The smallest absolute Gasteiger partial charge is 0.305 e. The highest BCUT2D eigenvalue weighted by Gasteiger charge is 2.11. The number of nitrogens with two attached hydrogens (primary N) is 1. The van der Waals surface area contributed by atoms with Crippen molar-refractivity contribution in [1.29, 1.82) is 0 Å². The zero-order chi connectivity index (χ0) is 23.0. The van der Waals surface area contributed by atoms with Crippen LogP contribution in [-0.4, -0.2) is 56.3 Å². The average molecular weight is 553 g/mol. The van der Waals surface area contributed by atoms with E-state index in [4.69, 9.17) is 10.5 Å². The number of fused-ring (bicyclic) bond motifs is 1. The van der Waals surface area contributed by atoms with E-state index in [-0.39, 0.29) is 53.5 Å². The third kappa shape index (κ3) is 9.09. The summed E-state index contributed by atoms with van der Waals surface area (Å²) in [6.07, 6.45) is 1.85. The third-order valence-electron chi connectivity index (χ3n) is 5.13. The van der Waals surface area contributed by atoms with E-state index in [1.54, 1.807) is 12.1 Å². The molecule has 1 aromatic heterocycles. The molecule has 0 aliphatic heterocycles. The van der Waals surface area contributed by atoms with Gasteiger partial charge in [-0.05, 0) is 55.6 Å². The van der Waals surface area contributed by atoms with Gasteiger partial charge in [0.1, 0.15) is 11.3 Å². The highest BCUT2D eigenvalue weighted by atomic mass is 35.5. The lowest BCUT2D eigenvalue weighted by Gasteiger charge is -2.08. The second kappa shape index (κ2) is 14.6. The number of H-pyrrole nitrogens is 1. The minimum absolute atomic E-state index is 0. The quantitative estimate of drug-likeness (QED) is 0.189. The largest absolute Gasteiger partial charge is 0.506 e. The highest BCUT2D eigenvalue weighted by Crippen LogP contribution is 2.27. The number of ether oxygens (including phenoxy) is 1. The number of para-hydroxylation sites is 1. The molecule has 0 saturated heterocycles. The zero-order valence-corrected chi connectivity index (χ0v) is 21.9. The van der Waals surface area contributed by atoms with Crippen molar-refractivity contribution >= 4 is 61.9 Å². The van der Waals surface area contributed by atoms with Gasteiger partial charge in [0.15, 0.2) is 9.84 Å². The van der Waals surface area contributed by atoms with Gasteiger partial charge in [-0.15, -0.1) is 24.8 Å². The van der Waals surface area contributed by atoms with Gasteiger partial charge in [-0.3, -0.25) is 4.79 Å². The number of benzene rings is 2. The van der Waals surface area contributed by atoms with Crippen LogP contribution in [0.25, 0.3) is 10.2 Å². The predicted molar refractivity (Wildman–Crippen MR) is 144 cm³/mol. The number of aromatic nitrogens is 1. The van der Waals surface area contributed by atoms with Crippen LogP contribution in [0, 0.1) is 0 Å². The molecule has 5 N–H and O–H groups in total. The van der Waals surface area contributed by atoms with Crippen LogP contribution in [0.4, 0.5) is 5.69 Å². The van der Waals surface area contributed by atoms with Crippen LogP contribution in [0.15, 0.2) is 41.2 Å². The molecule has 0 spiro atoms. The summed E-state index contributed by atoms with van der Waals surface area (Å²) in [5.74, 6) is 0.181. The van der Waals surface area contributed by atoms with Crippen LogP contribution >= 0.6 is 36.2 Å². The van der Waals surface area contributed by atoms with Gasteiger partial charge in [0, 0.05) is 5.69 Å². The van der Waals surface area contributed by atoms with Crippen LogP contribution in [0.2, 0.25) is 0 Å². The molecule has 1 heterocycles. The molecule has 0 amide bonds. The molecule has 8 nitrogen and oxygen atoms in total. The van der Waals surface area contributed by atoms with Gasteiger partial charge in [0.05, 0.1) is 29.4 Å². The van der Waals surface area contributed by atoms with Crippen molar-refractivity contribution < 1.29 is 18.3 Å². The van der Waals surface area contributed by atoms with E-state index in [0.29, 0.717) is 44.5 Å². The molecular formula is C22H31Cl2N3O5S2. The van der Waals surface area contributed by atoms with Crippen molar-refractivity contribution in [1.82, 2.24) is 10.3 Å². The Morgan fingerprint density at radius 3 is 2.53 bits per heavy atom. The maximum absolute atomic E-state index is 12.2. The monoisotopic (exact) mass is 551 g/mol. The summed E-state index contributed by atoms with van der Waals surface area (Å²) in [5.41, 5.74) is 9.03. The topological polar surface area (TPSA) is 135 Å². The van der Waals surface area contributed by atoms with Crippen molar-refractivity contribution in [3.63, 3.8) is 0 Å². The van der Waals surface area contributed by atoms with Gasteiger partial charge in [0.25, 0.3) is 0 Å². The standard InChI is InChI=1S/C22H29N3O5S2.2ClH/c23-18-5-2-1-4-16(18)9-12-30-13-15-32(28,29)14-3-10-24-11-8-17-6-7-19(26)20-21(17)31-22(27)25-20;;/h1-2,4-7,24,26H,3,8-15,23H2,(H,25,27);2*1H. The van der Waals surface area contributed by atoms with Gasteiger partial charge >= 0.3 is 4.87 Å². The van der Waals surface area contributed by atoms with E-state index in [1.165, 1.54) is 0 Å². The molecule has 0 bridgehead atoms. The molecule has 2 aromatic carbocycles. The lowest BCUT2D eigenvalue weighted by molar-refractivity contribution is 0.152. The van der Waals surface area contributed by atoms with E-state index in [0.717, 1.165) is 32.9 Å². The first-order chi connectivity index (χ1) is 15.4. The number of aromatic amines is 1. The Hall–Kier alpha value is -1.82. The van der Waals surface area contributed by atoms with Crippen LogP contribution in [-0.2, 0) is 27.4 Å². The van der Waals surface area contributed by atoms with Crippen LogP contribution in [0.1, 0.15) is 17.5 Å². The van der Waals surface area contributed by atoms with Crippen molar-refractivity contribution in [3.05, 3.63) is 57.2 Å². The number of nitrogens with one attached hydrogen (secondary N) is 2. The number of hydrogen-bond acceptors (Lipinski definition) is 8. The summed E-state index contributed by atoms with van der Waals surface area (Å²) in [5, 5.41) is 13.1.